The Bertz CT molecular complexity index is 5670. The summed E-state index contributed by atoms with van der Waals surface area (Å²) in [4.78, 5) is 105. The van der Waals surface area contributed by atoms with Crippen molar-refractivity contribution >= 4 is 75.2 Å². The van der Waals surface area contributed by atoms with Crippen molar-refractivity contribution in [3.05, 3.63) is 254 Å². The van der Waals surface area contributed by atoms with Gasteiger partial charge in [0.05, 0.1) is 121 Å². The second-order valence-corrected chi connectivity index (χ2v) is 33.1. The average molecular weight is 1770 g/mol. The maximum Gasteiger partial charge on any atom is 0.501 e. The van der Waals surface area contributed by atoms with Crippen LogP contribution in [0.2, 0.25) is 0 Å². The third kappa shape index (κ3) is 22.7. The zero-order chi connectivity index (χ0) is 90.3. The van der Waals surface area contributed by atoms with Gasteiger partial charge in [0.25, 0.3) is 11.8 Å². The molecule has 1 aromatic heterocycles. The third-order valence-electron chi connectivity index (χ3n) is 22.1. The molecule has 35 heteroatoms. The number of rotatable bonds is 41. The Morgan fingerprint density at radius 1 is 0.555 bits per heavy atom. The number of allylic oxidation sites excluding steroid dienone is 1. The second-order valence-electron chi connectivity index (χ2n) is 31.9. The summed E-state index contributed by atoms with van der Waals surface area (Å²) >= 11 is 0. The predicted octanol–water partition coefficient (Wildman–Crippen LogP) is 8.56. The number of hydrogen-bond donors (Lipinski definition) is 5. The van der Waals surface area contributed by atoms with Crippen LogP contribution in [0.3, 0.4) is 0 Å². The number of nitrogens with zero attached hydrogens (tertiary/aromatic N) is 8. The van der Waals surface area contributed by atoms with E-state index in [1.165, 1.54) is 56.7 Å². The Morgan fingerprint density at radius 2 is 1.11 bits per heavy atom. The molecule has 6 N–H and O–H groups in total. The molecule has 5 aliphatic heterocycles. The van der Waals surface area contributed by atoms with Crippen LogP contribution in [0.5, 0.6) is 40.2 Å². The minimum absolute atomic E-state index is 0.00155. The fourth-order valence-corrected chi connectivity index (χ4v) is 16.4. The molecule has 6 heterocycles. The van der Waals surface area contributed by atoms with Crippen LogP contribution in [0.25, 0.3) is 0 Å². The van der Waals surface area contributed by atoms with E-state index in [1.54, 1.807) is 47.3 Å². The third-order valence-corrected chi connectivity index (χ3v) is 22.9. The molecule has 1 unspecified atom stereocenters. The monoisotopic (exact) mass is 1770 g/mol. The summed E-state index contributed by atoms with van der Waals surface area (Å²) in [6.45, 7) is 2.37. The first-order valence-corrected chi connectivity index (χ1v) is 42.8. The van der Waals surface area contributed by atoms with E-state index in [2.05, 4.69) is 22.4 Å². The van der Waals surface area contributed by atoms with Gasteiger partial charge in [-0.05, 0) is 156 Å². The standard InChI is InChI=1S/C93H97N9O25S/c1-102(2,51-57-32-58(53-122-82-43-74-72(41-80(82)116-3)90(111)100-47-63-14-8-6-12-60(63)38-69(100)45-95-74)34-59(33-57)54-123-83-44-75-73(42-81(83)117-4)91(112)101-48-64-15-9-7-13-61(64)39-70(101)46-96-75)50-56-18-21-71(22-19-56)126-128(114,115)127-84-40-62(20-24-79(84)124-93-89(110)88(109)87(108)85(52-103)125-93)76(104)16-10-27-119-29-26-99-49-68(97-98-99)55-121-31-30-120-28-11-17-77(105)65-35-66(78(106)23-25-86(94)107)37-67(36-65)92(113)118-5/h6-9,12-15,18-25,32-37,40-46,49,69-70,85,87-89,93,103,108-110H,10-11,16-17,26-31,38-39,47-48,50-55H2,1-5H3,(H-,94,107)/p+1/b25-23+/t69-,70-,85+,87-,88-,89+,93?/m0/s1. The highest BCUT2D eigenvalue weighted by Gasteiger charge is 2.46. The molecule has 0 spiro atoms. The van der Waals surface area contributed by atoms with Crippen LogP contribution in [-0.2, 0) is 104 Å². The number of benzene rings is 8. The smallest absolute Gasteiger partial charge is 0.493 e. The lowest BCUT2D eigenvalue weighted by molar-refractivity contribution is -0.916. The SMILES string of the molecule is COC(=O)c1cc(C(=O)/C=C/C(N)=O)cc(C(=O)CCCOCCOCc2cn(CCOCCCC(=O)c3ccc(OC4O[C@H](CO)[C@H](O)[C@H](O)[C@H]4O)c(OS(=O)(=O)Oc4ccc(C[N+](C)(C)Cc5cc(COc6cc7c(cc6OC)C(=O)N6Cc8ccccc8C[C@H]6C=N7)cc(COc6cc7c(cc6OC)C(=O)N6Cc8ccccc8C[C@H]6C=N7)c5)cc4)c3)nn2)c1. The van der Waals surface area contributed by atoms with Crippen molar-refractivity contribution in [1.29, 1.82) is 0 Å². The van der Waals surface area contributed by atoms with E-state index < -0.39 is 82.7 Å². The molecule has 5 aliphatic rings. The number of fused-ring (bicyclic) bond motifs is 6. The number of methoxy groups -OCH3 is 3. The van der Waals surface area contributed by atoms with Gasteiger partial charge < -0.3 is 96.2 Å². The van der Waals surface area contributed by atoms with Crippen LogP contribution in [0.1, 0.15) is 138 Å². The number of aliphatic hydroxyl groups excluding tert-OH is 4. The Balaban J connectivity index is 0.594. The number of amides is 3. The van der Waals surface area contributed by atoms with Crippen LogP contribution in [-0.4, -0.2) is 229 Å². The maximum absolute atomic E-state index is 14.3. The lowest BCUT2D eigenvalue weighted by Crippen LogP contribution is -2.60. The molecule has 14 rings (SSSR count). The lowest BCUT2D eigenvalue weighted by atomic mass is 9.94. The van der Waals surface area contributed by atoms with E-state index in [9.17, 15) is 62.4 Å². The number of primary amides is 1. The number of ketones is 3. The Labute approximate surface area is 737 Å². The molecule has 0 aliphatic carbocycles. The summed E-state index contributed by atoms with van der Waals surface area (Å²) in [5.41, 5.74) is 15.0. The van der Waals surface area contributed by atoms with E-state index >= 15 is 0 Å². The molecular weight excluding hydrogens is 1680 g/mol. The maximum atomic E-state index is 14.3. The van der Waals surface area contributed by atoms with Gasteiger partial charge >= 0.3 is 16.4 Å². The number of carbonyl (C=O) groups excluding carboxylic acids is 7. The normalized spacial score (nSPS) is 18.1. The summed E-state index contributed by atoms with van der Waals surface area (Å²) in [7, 11) is 3.16. The first-order chi connectivity index (χ1) is 61.7. The number of nitrogens with two attached hydrogens (primary N) is 1. The molecule has 128 heavy (non-hydrogen) atoms. The van der Waals surface area contributed by atoms with Crippen LogP contribution in [0.15, 0.2) is 180 Å². The van der Waals surface area contributed by atoms with E-state index in [0.717, 1.165) is 69.8 Å². The van der Waals surface area contributed by atoms with Gasteiger partial charge in [-0.25, -0.2) is 9.48 Å². The van der Waals surface area contributed by atoms with Crippen molar-refractivity contribution in [3.63, 3.8) is 0 Å². The average Bonchev–Trinajstić information content (AvgIpc) is 1.62. The van der Waals surface area contributed by atoms with Crippen molar-refractivity contribution in [2.45, 2.75) is 134 Å². The number of aliphatic hydroxyl groups is 4. The van der Waals surface area contributed by atoms with Crippen molar-refractivity contribution in [2.24, 2.45) is 15.7 Å². The first-order valence-electron chi connectivity index (χ1n) is 41.4. The zero-order valence-corrected chi connectivity index (χ0v) is 71.7. The minimum atomic E-state index is -5.09. The van der Waals surface area contributed by atoms with E-state index in [-0.39, 0.29) is 130 Å². The van der Waals surface area contributed by atoms with E-state index in [4.69, 9.17) is 71.5 Å². The number of ether oxygens (including phenoxy) is 10. The van der Waals surface area contributed by atoms with E-state index in [1.807, 2.05) is 90.9 Å². The van der Waals surface area contributed by atoms with Crippen molar-refractivity contribution in [1.82, 2.24) is 24.8 Å². The molecule has 670 valence electrons. The Hall–Kier alpha value is -12.9. The summed E-state index contributed by atoms with van der Waals surface area (Å²) in [6.07, 6.45) is 0.187. The molecule has 7 atom stereocenters. The summed E-state index contributed by atoms with van der Waals surface area (Å²) in [5, 5.41) is 50.2. The topological polar surface area (TPSA) is 433 Å². The minimum Gasteiger partial charge on any atom is -0.493 e. The number of Topliss-reactive ketones (excluding diaryl/α,β-unsaturated/α-hetero) is 2. The number of esters is 1. The highest BCUT2D eigenvalue weighted by atomic mass is 32.3. The molecule has 8 aromatic carbocycles. The molecule has 1 saturated heterocycles. The molecule has 0 saturated carbocycles. The second kappa shape index (κ2) is 41.2. The molecule has 9 aromatic rings. The largest absolute Gasteiger partial charge is 0.501 e. The van der Waals surface area contributed by atoms with Crippen LogP contribution in [0.4, 0.5) is 11.4 Å². The molecule has 1 fully saturated rings. The van der Waals surface area contributed by atoms with Gasteiger partial charge in [-0.1, -0.05) is 53.7 Å². The number of hydrogen-bond acceptors (Lipinski definition) is 29. The van der Waals surface area contributed by atoms with Gasteiger partial charge in [-0.15, -0.1) is 13.5 Å². The number of carbonyl (C=O) groups is 7. The molecular formula is C93H98N9O25S+. The molecule has 3 amide bonds. The lowest BCUT2D eigenvalue weighted by Gasteiger charge is -2.39. The Morgan fingerprint density at radius 3 is 1.70 bits per heavy atom. The first kappa shape index (κ1) is 91.3. The summed E-state index contributed by atoms with van der Waals surface area (Å²) < 4.78 is 99.4. The van der Waals surface area contributed by atoms with Crippen molar-refractivity contribution < 1.29 is 123 Å². The summed E-state index contributed by atoms with van der Waals surface area (Å²) in [5.74, 6) is -3.11. The van der Waals surface area contributed by atoms with Crippen molar-refractivity contribution in [2.75, 3.05) is 75.1 Å². The van der Waals surface area contributed by atoms with E-state index in [0.29, 0.717) is 108 Å². The van der Waals surface area contributed by atoms with Crippen LogP contribution < -0.4 is 37.8 Å². The number of quaternary nitrogens is 1. The van der Waals surface area contributed by atoms with Crippen LogP contribution >= 0.6 is 0 Å². The highest BCUT2D eigenvalue weighted by Crippen LogP contribution is 2.43. The number of aliphatic imine (C=N–C) groups is 2. The summed E-state index contributed by atoms with van der Waals surface area (Å²) in [6, 6.07) is 42.3. The Kier molecular flexibility index (Phi) is 29.4. The zero-order valence-electron chi connectivity index (χ0n) is 70.9. The van der Waals surface area contributed by atoms with Gasteiger partial charge in [0, 0.05) is 97.6 Å². The number of aromatic nitrogens is 3. The van der Waals surface area contributed by atoms with Crippen molar-refractivity contribution in [3.8, 4) is 40.2 Å². The van der Waals surface area contributed by atoms with Crippen LogP contribution in [0, 0.1) is 0 Å². The fraction of sp³-hybridized carbons (Fsp3) is 0.344. The van der Waals surface area contributed by atoms with Gasteiger partial charge in [0.15, 0.2) is 51.8 Å². The highest BCUT2D eigenvalue weighted by molar-refractivity contribution is 7.82. The van der Waals surface area contributed by atoms with Gasteiger partial charge in [-0.3, -0.25) is 38.8 Å². The molecule has 0 bridgehead atoms. The van der Waals surface area contributed by atoms with Gasteiger partial charge in [0.1, 0.15) is 62.2 Å². The quantitative estimate of drug-likeness (QED) is 0.00787. The predicted molar refractivity (Wildman–Crippen MR) is 461 cm³/mol. The van der Waals surface area contributed by atoms with Gasteiger partial charge in [-0.2, -0.15) is 0 Å². The van der Waals surface area contributed by atoms with Gasteiger partial charge in [0.2, 0.25) is 12.2 Å². The molecule has 0 radical (unpaired) electrons. The molecule has 34 nitrogen and oxygen atoms in total. The fourth-order valence-electron chi connectivity index (χ4n) is 15.7.